The van der Waals surface area contributed by atoms with Gasteiger partial charge in [0.25, 0.3) is 5.91 Å². The lowest BCUT2D eigenvalue weighted by atomic mass is 10.1. The van der Waals surface area contributed by atoms with E-state index in [1.807, 2.05) is 6.92 Å². The van der Waals surface area contributed by atoms with Crippen LogP contribution in [0.5, 0.6) is 0 Å². The number of aromatic carboxylic acids is 1. The van der Waals surface area contributed by atoms with Gasteiger partial charge in [-0.2, -0.15) is 0 Å². The van der Waals surface area contributed by atoms with E-state index in [0.29, 0.717) is 32.4 Å². The molecule has 1 saturated heterocycles. The predicted molar refractivity (Wildman–Crippen MR) is 87.3 cm³/mol. The lowest BCUT2D eigenvalue weighted by molar-refractivity contribution is 0.0696. The van der Waals surface area contributed by atoms with Crippen LogP contribution < -0.4 is 5.32 Å². The van der Waals surface area contributed by atoms with Gasteiger partial charge in [-0.15, -0.1) is 0 Å². The molecule has 8 nitrogen and oxygen atoms in total. The summed E-state index contributed by atoms with van der Waals surface area (Å²) in [6, 6.07) is 2.38. The summed E-state index contributed by atoms with van der Waals surface area (Å²) in [5.74, 6) is -1.44. The third kappa shape index (κ3) is 4.51. The summed E-state index contributed by atoms with van der Waals surface area (Å²) in [6.07, 6.45) is 2.89. The van der Waals surface area contributed by atoms with Crippen LogP contribution in [0.1, 0.15) is 47.0 Å². The highest BCUT2D eigenvalue weighted by Gasteiger charge is 2.28. The van der Waals surface area contributed by atoms with Gasteiger partial charge >= 0.3 is 5.97 Å². The van der Waals surface area contributed by atoms with Crippen molar-refractivity contribution in [2.75, 3.05) is 18.8 Å². The molecule has 0 atom stereocenters. The number of carbonyl (C=O) groups excluding carboxylic acids is 1. The highest BCUT2D eigenvalue weighted by Crippen LogP contribution is 2.15. The summed E-state index contributed by atoms with van der Waals surface area (Å²) in [6.45, 7) is 2.56. The van der Waals surface area contributed by atoms with Gasteiger partial charge in [-0.3, -0.25) is 9.78 Å². The van der Waals surface area contributed by atoms with Crippen molar-refractivity contribution in [3.63, 3.8) is 0 Å². The minimum atomic E-state index is -3.21. The van der Waals surface area contributed by atoms with Crippen molar-refractivity contribution in [3.05, 3.63) is 29.6 Å². The Bertz CT molecular complexity index is 712. The number of amides is 1. The van der Waals surface area contributed by atoms with Gasteiger partial charge in [0.1, 0.15) is 5.69 Å². The molecule has 0 spiro atoms. The van der Waals surface area contributed by atoms with Crippen LogP contribution in [0.2, 0.25) is 0 Å². The van der Waals surface area contributed by atoms with Gasteiger partial charge in [-0.25, -0.2) is 17.5 Å². The molecular formula is C15H21N3O5S. The van der Waals surface area contributed by atoms with E-state index in [-0.39, 0.29) is 23.1 Å². The summed E-state index contributed by atoms with van der Waals surface area (Å²) in [7, 11) is -3.21. The van der Waals surface area contributed by atoms with Crippen LogP contribution in [0, 0.1) is 0 Å². The molecule has 2 heterocycles. The second-order valence-corrected chi connectivity index (χ2v) is 7.79. The van der Waals surface area contributed by atoms with Crippen molar-refractivity contribution in [1.29, 1.82) is 0 Å². The van der Waals surface area contributed by atoms with E-state index in [1.54, 1.807) is 0 Å². The van der Waals surface area contributed by atoms with Crippen molar-refractivity contribution < 1.29 is 23.1 Å². The number of pyridine rings is 1. The van der Waals surface area contributed by atoms with Crippen molar-refractivity contribution in [3.8, 4) is 0 Å². The van der Waals surface area contributed by atoms with Crippen LogP contribution >= 0.6 is 0 Å². The van der Waals surface area contributed by atoms with E-state index in [0.717, 1.165) is 0 Å². The third-order valence-corrected chi connectivity index (χ3v) is 5.96. The number of nitrogens with zero attached hydrogens (tertiary/aromatic N) is 2. The van der Waals surface area contributed by atoms with Crippen molar-refractivity contribution in [2.45, 2.75) is 32.2 Å². The summed E-state index contributed by atoms with van der Waals surface area (Å²) < 4.78 is 25.5. The highest BCUT2D eigenvalue weighted by molar-refractivity contribution is 7.89. The molecule has 2 rings (SSSR count). The Labute approximate surface area is 140 Å². The summed E-state index contributed by atoms with van der Waals surface area (Å²) >= 11 is 0. The fourth-order valence-corrected chi connectivity index (χ4v) is 4.15. The summed E-state index contributed by atoms with van der Waals surface area (Å²) in [4.78, 5) is 27.0. The molecule has 0 saturated carbocycles. The van der Waals surface area contributed by atoms with Gasteiger partial charge in [-0.05, 0) is 31.4 Å². The zero-order valence-electron chi connectivity index (χ0n) is 13.4. The molecule has 1 aromatic rings. The Hall–Kier alpha value is -2.00. The molecule has 0 unspecified atom stereocenters. The smallest absolute Gasteiger partial charge is 0.335 e. The van der Waals surface area contributed by atoms with Crippen LogP contribution in [-0.2, 0) is 10.0 Å². The predicted octanol–water partition coefficient (Wildman–Crippen LogP) is 0.714. The van der Waals surface area contributed by atoms with E-state index in [2.05, 4.69) is 10.3 Å². The molecule has 24 heavy (non-hydrogen) atoms. The number of hydrogen-bond donors (Lipinski definition) is 2. The van der Waals surface area contributed by atoms with Gasteiger partial charge < -0.3 is 10.4 Å². The maximum absolute atomic E-state index is 12.2. The largest absolute Gasteiger partial charge is 0.478 e. The lowest BCUT2D eigenvalue weighted by Crippen LogP contribution is -2.47. The fraction of sp³-hybridized carbons (Fsp3) is 0.533. The van der Waals surface area contributed by atoms with Crippen LogP contribution in [0.25, 0.3) is 0 Å². The maximum Gasteiger partial charge on any atom is 0.335 e. The quantitative estimate of drug-likeness (QED) is 0.776. The molecule has 0 aromatic carbocycles. The molecule has 9 heteroatoms. The Kier molecular flexibility index (Phi) is 5.89. The van der Waals surface area contributed by atoms with Crippen molar-refractivity contribution >= 4 is 21.9 Å². The molecule has 1 aliphatic rings. The minimum absolute atomic E-state index is 0.00405. The van der Waals surface area contributed by atoms with E-state index >= 15 is 0 Å². The van der Waals surface area contributed by atoms with Gasteiger partial charge in [-0.1, -0.05) is 6.92 Å². The maximum atomic E-state index is 12.2. The van der Waals surface area contributed by atoms with Crippen LogP contribution in [-0.4, -0.2) is 59.6 Å². The Morgan fingerprint density at radius 2 is 2.04 bits per heavy atom. The number of hydrogen-bond acceptors (Lipinski definition) is 5. The Morgan fingerprint density at radius 1 is 1.38 bits per heavy atom. The first kappa shape index (κ1) is 18.3. The zero-order chi connectivity index (χ0) is 17.7. The fourth-order valence-electron chi connectivity index (χ4n) is 2.61. The Morgan fingerprint density at radius 3 is 2.62 bits per heavy atom. The first-order valence-electron chi connectivity index (χ1n) is 7.81. The minimum Gasteiger partial charge on any atom is -0.478 e. The second kappa shape index (κ2) is 7.71. The lowest BCUT2D eigenvalue weighted by Gasteiger charge is -2.31. The SMILES string of the molecule is CCCS(=O)(=O)N1CCC(NC(=O)c2cc(C(=O)O)ccn2)CC1. The van der Waals surface area contributed by atoms with Gasteiger partial charge in [0.2, 0.25) is 10.0 Å². The molecule has 2 N–H and O–H groups in total. The first-order chi connectivity index (χ1) is 11.3. The molecular weight excluding hydrogens is 334 g/mol. The number of aromatic nitrogens is 1. The number of rotatable bonds is 6. The molecule has 1 aromatic heterocycles. The summed E-state index contributed by atoms with van der Waals surface area (Å²) in [5.41, 5.74) is 0.0339. The average molecular weight is 355 g/mol. The molecule has 1 fully saturated rings. The van der Waals surface area contributed by atoms with E-state index in [9.17, 15) is 18.0 Å². The number of nitrogens with one attached hydrogen (secondary N) is 1. The second-order valence-electron chi connectivity index (χ2n) is 5.70. The molecule has 1 aliphatic heterocycles. The average Bonchev–Trinajstić information content (AvgIpc) is 2.55. The first-order valence-corrected chi connectivity index (χ1v) is 9.42. The topological polar surface area (TPSA) is 117 Å². The van der Waals surface area contributed by atoms with Gasteiger partial charge in [0.05, 0.1) is 11.3 Å². The number of carboxylic acid groups (broad SMARTS) is 1. The van der Waals surface area contributed by atoms with Gasteiger partial charge in [0, 0.05) is 25.3 Å². The zero-order valence-corrected chi connectivity index (χ0v) is 14.3. The standard InChI is InChI=1S/C15H21N3O5S/c1-2-9-24(22,23)18-7-4-12(5-8-18)17-14(19)13-10-11(15(20)21)3-6-16-13/h3,6,10,12H,2,4-5,7-9H2,1H3,(H,17,19)(H,20,21). The van der Waals surface area contributed by atoms with E-state index in [4.69, 9.17) is 5.11 Å². The Balaban J connectivity index is 1.93. The van der Waals surface area contributed by atoms with Crippen LogP contribution in [0.4, 0.5) is 0 Å². The monoisotopic (exact) mass is 355 g/mol. The summed E-state index contributed by atoms with van der Waals surface area (Å²) in [5, 5.41) is 11.7. The van der Waals surface area contributed by atoms with E-state index < -0.39 is 21.9 Å². The molecule has 132 valence electrons. The highest BCUT2D eigenvalue weighted by atomic mass is 32.2. The van der Waals surface area contributed by atoms with Crippen LogP contribution in [0.15, 0.2) is 18.3 Å². The molecule has 0 bridgehead atoms. The number of carbonyl (C=O) groups is 2. The van der Waals surface area contributed by atoms with Crippen molar-refractivity contribution in [1.82, 2.24) is 14.6 Å². The van der Waals surface area contributed by atoms with Crippen molar-refractivity contribution in [2.24, 2.45) is 0 Å². The van der Waals surface area contributed by atoms with Crippen LogP contribution in [0.3, 0.4) is 0 Å². The molecule has 0 aliphatic carbocycles. The molecule has 1 amide bonds. The molecule has 0 radical (unpaired) electrons. The third-order valence-electron chi connectivity index (χ3n) is 3.88. The number of piperidine rings is 1. The number of sulfonamides is 1. The number of carboxylic acids is 1. The van der Waals surface area contributed by atoms with E-state index in [1.165, 1.54) is 22.6 Å². The van der Waals surface area contributed by atoms with Gasteiger partial charge in [0.15, 0.2) is 0 Å². The normalized spacial score (nSPS) is 16.7.